The summed E-state index contributed by atoms with van der Waals surface area (Å²) in [7, 11) is -4.57. The monoisotopic (exact) mass is 542 g/mol. The fourth-order valence-electron chi connectivity index (χ4n) is 3.61. The minimum absolute atomic E-state index is 0.158. The molecule has 1 fully saturated rings. The Balaban J connectivity index is 2.73. The zero-order chi connectivity index (χ0) is 27.1. The molecule has 6 atom stereocenters. The third kappa shape index (κ3) is 13.3. The summed E-state index contributed by atoms with van der Waals surface area (Å²) in [6.07, 6.45) is -2.20. The highest BCUT2D eigenvalue weighted by atomic mass is 32.2. The van der Waals surface area contributed by atoms with Gasteiger partial charge >= 0.3 is 11.9 Å². The molecule has 0 unspecified atom stereocenters. The van der Waals surface area contributed by atoms with Gasteiger partial charge in [0.1, 0.15) is 36.8 Å². The predicted octanol–water partition coefficient (Wildman–Crippen LogP) is 1.09. The van der Waals surface area contributed by atoms with E-state index in [1.807, 2.05) is 6.92 Å². The van der Waals surface area contributed by atoms with Gasteiger partial charge in [-0.3, -0.25) is 14.1 Å². The van der Waals surface area contributed by atoms with Crippen LogP contribution in [0.5, 0.6) is 0 Å². The predicted molar refractivity (Wildman–Crippen MR) is 127 cm³/mol. The van der Waals surface area contributed by atoms with Crippen LogP contribution in [0.4, 0.5) is 0 Å². The number of carbonyl (C=O) groups is 2. The molecule has 0 aromatic heterocycles. The number of aliphatic hydroxyl groups excluding tert-OH is 3. The van der Waals surface area contributed by atoms with E-state index in [4.69, 9.17) is 23.5 Å². The lowest BCUT2D eigenvalue weighted by atomic mass is 10.00. The number of carbonyl (C=O) groups excluding carboxylic acids is 2. The molecule has 0 spiro atoms. The van der Waals surface area contributed by atoms with E-state index < -0.39 is 71.2 Å². The smallest absolute Gasteiger partial charge is 0.306 e. The van der Waals surface area contributed by atoms with E-state index in [2.05, 4.69) is 6.92 Å². The van der Waals surface area contributed by atoms with Crippen molar-refractivity contribution in [2.75, 3.05) is 19.0 Å². The van der Waals surface area contributed by atoms with Crippen LogP contribution >= 0.6 is 0 Å². The molecule has 12 nitrogen and oxygen atoms in total. The molecule has 13 heteroatoms. The first-order chi connectivity index (χ1) is 17.0. The molecule has 0 aromatic rings. The maximum atomic E-state index is 12.3. The van der Waals surface area contributed by atoms with E-state index in [-0.39, 0.29) is 19.4 Å². The van der Waals surface area contributed by atoms with Gasteiger partial charge in [-0.2, -0.15) is 8.42 Å². The number of esters is 2. The van der Waals surface area contributed by atoms with E-state index in [1.165, 1.54) is 0 Å². The third-order valence-corrected chi connectivity index (χ3v) is 6.44. The second kappa shape index (κ2) is 17.2. The lowest BCUT2D eigenvalue weighted by Crippen LogP contribution is -2.60. The zero-order valence-corrected chi connectivity index (χ0v) is 21.9. The molecule has 212 valence electrons. The van der Waals surface area contributed by atoms with Gasteiger partial charge in [0, 0.05) is 12.8 Å². The molecular weight excluding hydrogens is 500 g/mol. The first kappa shape index (κ1) is 32.7. The lowest BCUT2D eigenvalue weighted by molar-refractivity contribution is -0.297. The summed E-state index contributed by atoms with van der Waals surface area (Å²) in [6.45, 7) is 3.38. The van der Waals surface area contributed by atoms with Gasteiger partial charge in [-0.25, -0.2) is 0 Å². The number of ether oxygens (including phenoxy) is 4. The number of hydrogen-bond donors (Lipinski definition) is 4. The van der Waals surface area contributed by atoms with Crippen LogP contribution in [-0.2, 0) is 38.7 Å². The van der Waals surface area contributed by atoms with Crippen molar-refractivity contribution in [3.05, 3.63) is 0 Å². The molecule has 0 saturated carbocycles. The van der Waals surface area contributed by atoms with E-state index in [0.717, 1.165) is 38.5 Å². The minimum Gasteiger partial charge on any atom is -0.462 e. The Hall–Kier alpha value is -1.35. The lowest BCUT2D eigenvalue weighted by Gasteiger charge is -2.40. The van der Waals surface area contributed by atoms with E-state index >= 15 is 0 Å². The van der Waals surface area contributed by atoms with Crippen molar-refractivity contribution >= 4 is 22.1 Å². The van der Waals surface area contributed by atoms with E-state index in [1.54, 1.807) is 0 Å². The standard InChI is InChI=1S/C23H42O12S/c1-3-5-7-9-11-18(24)32-13-16(34-19(25)12-10-8-6-4-2)14-33-23-22(28)21(27)20(26)17(35-23)15-36(29,30)31/h16-17,20-23,26-28H,3-15H2,1-2H3,(H,29,30,31)/t16-,17-,20-,21+,22-,23-/m1/s1. The van der Waals surface area contributed by atoms with Crippen LogP contribution in [0, 0.1) is 0 Å². The first-order valence-corrected chi connectivity index (χ1v) is 14.2. The Bertz CT molecular complexity index is 743. The molecule has 0 aromatic carbocycles. The Labute approximate surface area is 213 Å². The van der Waals surface area contributed by atoms with Crippen molar-refractivity contribution in [3.8, 4) is 0 Å². The van der Waals surface area contributed by atoms with Crippen LogP contribution in [0.25, 0.3) is 0 Å². The van der Waals surface area contributed by atoms with Gasteiger partial charge in [-0.15, -0.1) is 0 Å². The SMILES string of the molecule is CCCCCCC(=O)OC[C@H](CO[C@@H]1O[C@H](CS(=O)(=O)O)[C@@H](O)[C@H](O)[C@H]1O)OC(=O)CCCCCC. The molecule has 1 aliphatic rings. The number of aliphatic hydroxyl groups is 3. The maximum Gasteiger partial charge on any atom is 0.306 e. The molecule has 1 aliphatic heterocycles. The van der Waals surface area contributed by atoms with Crippen LogP contribution in [0.3, 0.4) is 0 Å². The summed E-state index contributed by atoms with van der Waals surface area (Å²) >= 11 is 0. The largest absolute Gasteiger partial charge is 0.462 e. The number of rotatable bonds is 18. The first-order valence-electron chi connectivity index (χ1n) is 12.6. The molecule has 1 saturated heterocycles. The second-order valence-corrected chi connectivity index (χ2v) is 10.5. The van der Waals surface area contributed by atoms with E-state index in [9.17, 15) is 33.3 Å². The van der Waals surface area contributed by atoms with Crippen LogP contribution in [-0.4, -0.2) is 96.0 Å². The van der Waals surface area contributed by atoms with Crippen molar-refractivity contribution in [2.24, 2.45) is 0 Å². The molecule has 36 heavy (non-hydrogen) atoms. The van der Waals surface area contributed by atoms with Crippen LogP contribution < -0.4 is 0 Å². The molecular formula is C23H42O12S. The molecule has 0 bridgehead atoms. The molecule has 0 aliphatic carbocycles. The Morgan fingerprint density at radius 2 is 1.42 bits per heavy atom. The van der Waals surface area contributed by atoms with E-state index in [0.29, 0.717) is 12.8 Å². The summed E-state index contributed by atoms with van der Waals surface area (Å²) in [5, 5.41) is 30.2. The fourth-order valence-corrected chi connectivity index (χ4v) is 4.30. The van der Waals surface area contributed by atoms with Gasteiger partial charge in [0.25, 0.3) is 10.1 Å². The van der Waals surface area contributed by atoms with Crippen LogP contribution in [0.1, 0.15) is 78.1 Å². The highest BCUT2D eigenvalue weighted by molar-refractivity contribution is 7.85. The Morgan fingerprint density at radius 3 is 1.97 bits per heavy atom. The molecule has 1 heterocycles. The topological polar surface area (TPSA) is 186 Å². The number of hydrogen-bond acceptors (Lipinski definition) is 11. The Morgan fingerprint density at radius 1 is 0.833 bits per heavy atom. The fraction of sp³-hybridized carbons (Fsp3) is 0.913. The zero-order valence-electron chi connectivity index (χ0n) is 21.1. The molecule has 1 rings (SSSR count). The average molecular weight is 543 g/mol. The van der Waals surface area contributed by atoms with Gasteiger partial charge < -0.3 is 34.3 Å². The summed E-state index contributed by atoms with van der Waals surface area (Å²) in [5.74, 6) is -2.02. The van der Waals surface area contributed by atoms with Crippen molar-refractivity contribution in [2.45, 2.75) is 115 Å². The van der Waals surface area contributed by atoms with Gasteiger partial charge in [0.05, 0.1) is 6.61 Å². The molecule has 0 amide bonds. The minimum atomic E-state index is -4.57. The van der Waals surface area contributed by atoms with Crippen LogP contribution in [0.2, 0.25) is 0 Å². The summed E-state index contributed by atoms with van der Waals surface area (Å²) < 4.78 is 52.7. The van der Waals surface area contributed by atoms with Crippen molar-refractivity contribution in [3.63, 3.8) is 0 Å². The highest BCUT2D eigenvalue weighted by Crippen LogP contribution is 2.23. The summed E-state index contributed by atoms with van der Waals surface area (Å²) in [6, 6.07) is 0. The van der Waals surface area contributed by atoms with Gasteiger partial charge in [-0.1, -0.05) is 52.4 Å². The van der Waals surface area contributed by atoms with Crippen molar-refractivity contribution in [1.82, 2.24) is 0 Å². The maximum absolute atomic E-state index is 12.3. The average Bonchev–Trinajstić information content (AvgIpc) is 2.81. The summed E-state index contributed by atoms with van der Waals surface area (Å²) in [5.41, 5.74) is 0. The quantitative estimate of drug-likeness (QED) is 0.110. The summed E-state index contributed by atoms with van der Waals surface area (Å²) in [4.78, 5) is 24.3. The van der Waals surface area contributed by atoms with Gasteiger partial charge in [0.2, 0.25) is 0 Å². The highest BCUT2D eigenvalue weighted by Gasteiger charge is 2.46. The normalized spacial score (nSPS) is 25.3. The van der Waals surface area contributed by atoms with Gasteiger partial charge in [-0.05, 0) is 12.8 Å². The Kier molecular flexibility index (Phi) is 15.6. The second-order valence-electron chi connectivity index (χ2n) is 9.01. The van der Waals surface area contributed by atoms with Gasteiger partial charge in [0.15, 0.2) is 12.4 Å². The number of unbranched alkanes of at least 4 members (excludes halogenated alkanes) is 6. The van der Waals surface area contributed by atoms with Crippen LogP contribution in [0.15, 0.2) is 0 Å². The van der Waals surface area contributed by atoms with Crippen molar-refractivity contribution in [1.29, 1.82) is 0 Å². The van der Waals surface area contributed by atoms with Crippen molar-refractivity contribution < 1.29 is 56.8 Å². The molecule has 0 radical (unpaired) electrons. The third-order valence-electron chi connectivity index (χ3n) is 5.69. The molecule has 4 N–H and O–H groups in total.